The van der Waals surface area contributed by atoms with E-state index in [9.17, 15) is 13.2 Å². The van der Waals surface area contributed by atoms with Gasteiger partial charge >= 0.3 is 0 Å². The quantitative estimate of drug-likeness (QED) is 0.795. The van der Waals surface area contributed by atoms with Gasteiger partial charge in [0.2, 0.25) is 15.9 Å². The van der Waals surface area contributed by atoms with Gasteiger partial charge in [-0.05, 0) is 37.8 Å². The monoisotopic (exact) mass is 368 g/mol. The summed E-state index contributed by atoms with van der Waals surface area (Å²) in [5.41, 5.74) is 1.81. The van der Waals surface area contributed by atoms with Crippen molar-refractivity contribution >= 4 is 15.9 Å². The highest BCUT2D eigenvalue weighted by atomic mass is 32.2. The van der Waals surface area contributed by atoms with E-state index in [1.807, 2.05) is 38.1 Å². The minimum Gasteiger partial charge on any atom is -0.383 e. The molecule has 1 aliphatic rings. The summed E-state index contributed by atoms with van der Waals surface area (Å²) < 4.78 is 31.8. The van der Waals surface area contributed by atoms with Crippen molar-refractivity contribution in [1.82, 2.24) is 9.62 Å². The number of hydrogen-bond donors (Lipinski definition) is 1. The smallest absolute Gasteiger partial charge is 0.223 e. The molecule has 1 amide bonds. The molecule has 2 rings (SSSR count). The largest absolute Gasteiger partial charge is 0.383 e. The number of amides is 1. The molecule has 0 aromatic heterocycles. The van der Waals surface area contributed by atoms with Gasteiger partial charge in [0.15, 0.2) is 0 Å². The average molecular weight is 368 g/mol. The SMILES string of the molecule is COC[C@H](C)NC(=O)C1CCN(S(=O)(=O)Cc2ccccc2C)CC1. The first-order valence-electron chi connectivity index (χ1n) is 8.65. The molecule has 6 nitrogen and oxygen atoms in total. The number of hydrogen-bond acceptors (Lipinski definition) is 4. The van der Waals surface area contributed by atoms with E-state index in [4.69, 9.17) is 4.74 Å². The number of ether oxygens (including phenoxy) is 1. The molecule has 140 valence electrons. The van der Waals surface area contributed by atoms with E-state index in [2.05, 4.69) is 5.32 Å². The van der Waals surface area contributed by atoms with Crippen molar-refractivity contribution in [1.29, 1.82) is 0 Å². The van der Waals surface area contributed by atoms with E-state index in [0.29, 0.717) is 32.5 Å². The van der Waals surface area contributed by atoms with Gasteiger partial charge in [0, 0.05) is 32.2 Å². The van der Waals surface area contributed by atoms with E-state index >= 15 is 0 Å². The summed E-state index contributed by atoms with van der Waals surface area (Å²) in [6.45, 7) is 5.07. The number of piperidine rings is 1. The molecule has 0 aliphatic carbocycles. The van der Waals surface area contributed by atoms with Crippen LogP contribution in [0.3, 0.4) is 0 Å². The highest BCUT2D eigenvalue weighted by Gasteiger charge is 2.31. The Kier molecular flexibility index (Phi) is 6.98. The topological polar surface area (TPSA) is 75.7 Å². The highest BCUT2D eigenvalue weighted by molar-refractivity contribution is 7.88. The first-order chi connectivity index (χ1) is 11.8. The molecule has 1 atom stereocenters. The maximum absolute atomic E-state index is 12.7. The summed E-state index contributed by atoms with van der Waals surface area (Å²) in [5.74, 6) is -0.133. The van der Waals surface area contributed by atoms with Crippen LogP contribution in [-0.2, 0) is 25.3 Å². The normalized spacial score (nSPS) is 18.0. The van der Waals surface area contributed by atoms with E-state index in [0.717, 1.165) is 11.1 Å². The number of aryl methyl sites for hydroxylation is 1. The van der Waals surface area contributed by atoms with E-state index in [1.165, 1.54) is 4.31 Å². The molecule has 1 heterocycles. The molecule has 0 saturated carbocycles. The molecule has 1 aliphatic heterocycles. The second-order valence-electron chi connectivity index (χ2n) is 6.72. The first kappa shape index (κ1) is 19.9. The van der Waals surface area contributed by atoms with Crippen molar-refractivity contribution in [2.45, 2.75) is 38.5 Å². The number of nitrogens with one attached hydrogen (secondary N) is 1. The summed E-state index contributed by atoms with van der Waals surface area (Å²) in [6, 6.07) is 7.49. The van der Waals surface area contributed by atoms with Gasteiger partial charge in [-0.15, -0.1) is 0 Å². The van der Waals surface area contributed by atoms with Gasteiger partial charge in [0.1, 0.15) is 0 Å². The third kappa shape index (κ3) is 5.52. The lowest BCUT2D eigenvalue weighted by Gasteiger charge is -2.31. The van der Waals surface area contributed by atoms with Crippen LogP contribution in [0.1, 0.15) is 30.9 Å². The van der Waals surface area contributed by atoms with Crippen LogP contribution < -0.4 is 5.32 Å². The molecule has 0 spiro atoms. The van der Waals surface area contributed by atoms with Crippen LogP contribution >= 0.6 is 0 Å². The maximum atomic E-state index is 12.7. The second kappa shape index (κ2) is 8.78. The van der Waals surface area contributed by atoms with Gasteiger partial charge in [-0.25, -0.2) is 12.7 Å². The van der Waals surface area contributed by atoms with Crippen LogP contribution in [0, 0.1) is 12.8 Å². The zero-order chi connectivity index (χ0) is 18.4. The van der Waals surface area contributed by atoms with Crippen LogP contribution in [-0.4, -0.2) is 51.5 Å². The number of nitrogens with zero attached hydrogens (tertiary/aromatic N) is 1. The summed E-state index contributed by atoms with van der Waals surface area (Å²) in [4.78, 5) is 12.2. The Bertz CT molecular complexity index is 682. The number of methoxy groups -OCH3 is 1. The van der Waals surface area contributed by atoms with Crippen LogP contribution in [0.15, 0.2) is 24.3 Å². The number of benzene rings is 1. The molecule has 1 aromatic rings. The average Bonchev–Trinajstić information content (AvgIpc) is 2.57. The van der Waals surface area contributed by atoms with E-state index in [1.54, 1.807) is 7.11 Å². The third-order valence-corrected chi connectivity index (χ3v) is 6.45. The lowest BCUT2D eigenvalue weighted by Crippen LogP contribution is -2.45. The Morgan fingerprint density at radius 2 is 1.96 bits per heavy atom. The highest BCUT2D eigenvalue weighted by Crippen LogP contribution is 2.22. The molecule has 1 N–H and O–H groups in total. The Morgan fingerprint density at radius 3 is 2.56 bits per heavy atom. The number of sulfonamides is 1. The fourth-order valence-electron chi connectivity index (χ4n) is 3.11. The minimum atomic E-state index is -3.36. The van der Waals surface area contributed by atoms with Gasteiger partial charge in [-0.2, -0.15) is 0 Å². The zero-order valence-corrected chi connectivity index (χ0v) is 16.0. The lowest BCUT2D eigenvalue weighted by molar-refractivity contribution is -0.127. The van der Waals surface area contributed by atoms with Gasteiger partial charge < -0.3 is 10.1 Å². The molecule has 7 heteroatoms. The Hall–Kier alpha value is -1.44. The summed E-state index contributed by atoms with van der Waals surface area (Å²) >= 11 is 0. The Labute approximate surface area is 150 Å². The minimum absolute atomic E-state index is 0.0134. The molecule has 0 bridgehead atoms. The van der Waals surface area contributed by atoms with Gasteiger partial charge in [0.05, 0.1) is 12.4 Å². The van der Waals surface area contributed by atoms with Crippen LogP contribution in [0.2, 0.25) is 0 Å². The van der Waals surface area contributed by atoms with Crippen molar-refractivity contribution in [3.05, 3.63) is 35.4 Å². The number of carbonyl (C=O) groups excluding carboxylic acids is 1. The molecule has 1 saturated heterocycles. The van der Waals surface area contributed by atoms with Crippen molar-refractivity contribution in [3.8, 4) is 0 Å². The maximum Gasteiger partial charge on any atom is 0.223 e. The van der Waals surface area contributed by atoms with Crippen molar-refractivity contribution < 1.29 is 17.9 Å². The fourth-order valence-corrected chi connectivity index (χ4v) is 4.78. The molecule has 0 radical (unpaired) electrons. The first-order valence-corrected chi connectivity index (χ1v) is 10.3. The van der Waals surface area contributed by atoms with Gasteiger partial charge in [-0.3, -0.25) is 4.79 Å². The van der Waals surface area contributed by atoms with E-state index in [-0.39, 0.29) is 23.6 Å². The molecular weight excluding hydrogens is 340 g/mol. The number of carbonyl (C=O) groups is 1. The van der Waals surface area contributed by atoms with Gasteiger partial charge in [0.25, 0.3) is 0 Å². The second-order valence-corrected chi connectivity index (χ2v) is 8.69. The van der Waals surface area contributed by atoms with Gasteiger partial charge in [-0.1, -0.05) is 24.3 Å². The van der Waals surface area contributed by atoms with Crippen molar-refractivity contribution in [2.75, 3.05) is 26.8 Å². The fraction of sp³-hybridized carbons (Fsp3) is 0.611. The van der Waals surface area contributed by atoms with E-state index < -0.39 is 10.0 Å². The lowest BCUT2D eigenvalue weighted by atomic mass is 9.97. The van der Waals surface area contributed by atoms with Crippen LogP contribution in [0.5, 0.6) is 0 Å². The molecule has 1 fully saturated rings. The standard InChI is InChI=1S/C18H28N2O4S/c1-14-6-4-5-7-17(14)13-25(22,23)20-10-8-16(9-11-20)18(21)19-15(2)12-24-3/h4-7,15-16H,8-13H2,1-3H3,(H,19,21)/t15-/m0/s1. The van der Waals surface area contributed by atoms with Crippen LogP contribution in [0.25, 0.3) is 0 Å². The zero-order valence-electron chi connectivity index (χ0n) is 15.2. The van der Waals surface area contributed by atoms with Crippen LogP contribution in [0.4, 0.5) is 0 Å². The Balaban J connectivity index is 1.90. The summed E-state index contributed by atoms with van der Waals surface area (Å²) in [6.07, 6.45) is 1.11. The number of rotatable bonds is 7. The molecule has 0 unspecified atom stereocenters. The van der Waals surface area contributed by atoms with Crippen molar-refractivity contribution in [2.24, 2.45) is 5.92 Å². The summed E-state index contributed by atoms with van der Waals surface area (Å²) in [5, 5.41) is 2.92. The predicted molar refractivity (Wildman–Crippen MR) is 97.6 cm³/mol. The van der Waals surface area contributed by atoms with Crippen molar-refractivity contribution in [3.63, 3.8) is 0 Å². The molecular formula is C18H28N2O4S. The molecule has 1 aromatic carbocycles. The third-order valence-electron chi connectivity index (χ3n) is 4.62. The molecule has 25 heavy (non-hydrogen) atoms. The Morgan fingerprint density at radius 1 is 1.32 bits per heavy atom. The predicted octanol–water partition coefficient (Wildman–Crippen LogP) is 1.69. The summed E-state index contributed by atoms with van der Waals surface area (Å²) in [7, 11) is -1.76.